The number of halogens is 1. The van der Waals surface area contributed by atoms with Gasteiger partial charge in [-0.3, -0.25) is 4.79 Å². The smallest absolute Gasteiger partial charge is 0.251 e. The van der Waals surface area contributed by atoms with Gasteiger partial charge in [-0.1, -0.05) is 12.1 Å². The number of carbonyl (C=O) groups is 1. The first-order chi connectivity index (χ1) is 11.2. The highest BCUT2D eigenvalue weighted by molar-refractivity contribution is 5.81. The van der Waals surface area contributed by atoms with Crippen LogP contribution in [0.25, 0.3) is 0 Å². The summed E-state index contributed by atoms with van der Waals surface area (Å²) in [7, 11) is 0. The van der Waals surface area contributed by atoms with E-state index >= 15 is 0 Å². The zero-order chi connectivity index (χ0) is 16.2. The fraction of sp³-hybridized carbons (Fsp3) is 0.611. The molecule has 1 aromatic carbocycles. The lowest BCUT2D eigenvalue weighted by atomic mass is 9.90. The zero-order valence-corrected chi connectivity index (χ0v) is 13.4. The summed E-state index contributed by atoms with van der Waals surface area (Å²) in [5.74, 6) is 0.454. The molecule has 0 bridgehead atoms. The van der Waals surface area contributed by atoms with E-state index in [0.29, 0.717) is 12.5 Å². The predicted octanol–water partition coefficient (Wildman–Crippen LogP) is 2.11. The molecule has 2 atom stereocenters. The number of ether oxygens (including phenoxy) is 1. The summed E-state index contributed by atoms with van der Waals surface area (Å²) in [4.78, 5) is 14.4. The van der Waals surface area contributed by atoms with Crippen molar-refractivity contribution in [1.29, 1.82) is 0 Å². The molecule has 2 aliphatic rings. The van der Waals surface area contributed by atoms with E-state index < -0.39 is 0 Å². The van der Waals surface area contributed by atoms with Gasteiger partial charge in [-0.15, -0.1) is 0 Å². The van der Waals surface area contributed by atoms with Crippen molar-refractivity contribution in [2.45, 2.75) is 44.3 Å². The molecule has 5 heteroatoms. The van der Waals surface area contributed by atoms with E-state index in [9.17, 15) is 9.18 Å². The topological polar surface area (TPSA) is 55.6 Å². The van der Waals surface area contributed by atoms with Crippen LogP contribution in [0, 0.1) is 11.7 Å². The van der Waals surface area contributed by atoms with Gasteiger partial charge in [0, 0.05) is 19.6 Å². The van der Waals surface area contributed by atoms with Crippen LogP contribution < -0.4 is 5.73 Å². The van der Waals surface area contributed by atoms with E-state index in [1.54, 1.807) is 12.1 Å². The van der Waals surface area contributed by atoms with Crippen molar-refractivity contribution in [3.63, 3.8) is 0 Å². The molecule has 0 unspecified atom stereocenters. The van der Waals surface area contributed by atoms with Crippen LogP contribution in [0.3, 0.4) is 0 Å². The quantitative estimate of drug-likeness (QED) is 0.924. The molecule has 3 rings (SSSR count). The van der Waals surface area contributed by atoms with Crippen molar-refractivity contribution in [2.24, 2.45) is 11.7 Å². The van der Waals surface area contributed by atoms with Gasteiger partial charge in [0.1, 0.15) is 11.9 Å². The van der Waals surface area contributed by atoms with E-state index in [-0.39, 0.29) is 23.9 Å². The average molecular weight is 320 g/mol. The minimum atomic E-state index is -0.302. The van der Waals surface area contributed by atoms with E-state index in [0.717, 1.165) is 50.8 Å². The molecule has 0 aliphatic carbocycles. The van der Waals surface area contributed by atoms with E-state index in [2.05, 4.69) is 0 Å². The molecule has 0 spiro atoms. The number of rotatable bonds is 4. The number of amides is 1. The molecule has 1 aromatic rings. The molecule has 2 fully saturated rings. The zero-order valence-electron chi connectivity index (χ0n) is 13.4. The third-order valence-corrected chi connectivity index (χ3v) is 4.99. The minimum Gasteiger partial charge on any atom is -0.364 e. The second-order valence-corrected chi connectivity index (χ2v) is 6.66. The molecule has 0 radical (unpaired) electrons. The molecular weight excluding hydrogens is 295 g/mol. The molecular formula is C18H25FN2O2. The standard InChI is InChI=1S/C18H25FN2O2/c19-15-3-1-2-14(11-15)10-13-6-8-21(9-7-13)18(22)17-5-4-16(12-20)23-17/h1-3,11,13,16-17H,4-10,12,20H2/t16-,17+/m1/s1. The number of nitrogens with zero attached hydrogens (tertiary/aromatic N) is 1. The maximum Gasteiger partial charge on any atom is 0.251 e. The van der Waals surface area contributed by atoms with Crippen molar-refractivity contribution in [1.82, 2.24) is 4.90 Å². The van der Waals surface area contributed by atoms with E-state index in [4.69, 9.17) is 10.5 Å². The highest BCUT2D eigenvalue weighted by atomic mass is 19.1. The summed E-state index contributed by atoms with van der Waals surface area (Å²) in [5.41, 5.74) is 6.64. The summed E-state index contributed by atoms with van der Waals surface area (Å²) in [6.45, 7) is 2.03. The first kappa shape index (κ1) is 16.4. The first-order valence-corrected chi connectivity index (χ1v) is 8.54. The maximum absolute atomic E-state index is 13.2. The second kappa shape index (κ2) is 7.41. The number of hydrogen-bond acceptors (Lipinski definition) is 3. The lowest BCUT2D eigenvalue weighted by Gasteiger charge is -2.33. The van der Waals surface area contributed by atoms with Gasteiger partial charge in [0.2, 0.25) is 0 Å². The Morgan fingerprint density at radius 1 is 1.26 bits per heavy atom. The molecule has 2 N–H and O–H groups in total. The Bertz CT molecular complexity index is 544. The van der Waals surface area contributed by atoms with Crippen LogP contribution in [0.5, 0.6) is 0 Å². The number of hydrogen-bond donors (Lipinski definition) is 1. The lowest BCUT2D eigenvalue weighted by molar-refractivity contribution is -0.144. The van der Waals surface area contributed by atoms with Crippen molar-refractivity contribution in [2.75, 3.05) is 19.6 Å². The van der Waals surface area contributed by atoms with Crippen LogP contribution in [0.4, 0.5) is 4.39 Å². The molecule has 0 saturated carbocycles. The number of nitrogens with two attached hydrogens (primary N) is 1. The van der Waals surface area contributed by atoms with Crippen LogP contribution in [-0.4, -0.2) is 42.6 Å². The van der Waals surface area contributed by atoms with Gasteiger partial charge in [0.05, 0.1) is 6.10 Å². The van der Waals surface area contributed by atoms with Crippen molar-refractivity contribution in [3.05, 3.63) is 35.6 Å². The summed E-state index contributed by atoms with van der Waals surface area (Å²) >= 11 is 0. The Morgan fingerprint density at radius 2 is 2.04 bits per heavy atom. The molecule has 23 heavy (non-hydrogen) atoms. The molecule has 4 nitrogen and oxygen atoms in total. The van der Waals surface area contributed by atoms with Crippen LogP contribution in [0.2, 0.25) is 0 Å². The highest BCUT2D eigenvalue weighted by Crippen LogP contribution is 2.25. The van der Waals surface area contributed by atoms with Crippen molar-refractivity contribution in [3.8, 4) is 0 Å². The van der Waals surface area contributed by atoms with Gasteiger partial charge in [0.15, 0.2) is 0 Å². The van der Waals surface area contributed by atoms with Crippen molar-refractivity contribution >= 4 is 5.91 Å². The average Bonchev–Trinajstić information content (AvgIpc) is 3.04. The van der Waals surface area contributed by atoms with Crippen LogP contribution in [0.1, 0.15) is 31.2 Å². The SMILES string of the molecule is NC[C@H]1CC[C@@H](C(=O)N2CCC(Cc3cccc(F)c3)CC2)O1. The monoisotopic (exact) mass is 320 g/mol. The van der Waals surface area contributed by atoms with Crippen LogP contribution >= 0.6 is 0 Å². The molecule has 126 valence electrons. The third-order valence-electron chi connectivity index (χ3n) is 4.99. The molecule has 2 saturated heterocycles. The lowest BCUT2D eigenvalue weighted by Crippen LogP contribution is -2.44. The minimum absolute atomic E-state index is 0.0365. The maximum atomic E-state index is 13.2. The fourth-order valence-corrected chi connectivity index (χ4v) is 3.62. The predicted molar refractivity (Wildman–Crippen MR) is 86.4 cm³/mol. The summed E-state index contributed by atoms with van der Waals surface area (Å²) < 4.78 is 19.0. The van der Waals surface area contributed by atoms with Crippen molar-refractivity contribution < 1.29 is 13.9 Å². The number of piperidine rings is 1. The Balaban J connectivity index is 1.47. The second-order valence-electron chi connectivity index (χ2n) is 6.66. The summed E-state index contributed by atoms with van der Waals surface area (Å²) in [5, 5.41) is 0. The van der Waals surface area contributed by atoms with Crippen LogP contribution in [-0.2, 0) is 16.0 Å². The van der Waals surface area contributed by atoms with Gasteiger partial charge in [-0.25, -0.2) is 4.39 Å². The molecule has 1 amide bonds. The molecule has 0 aromatic heterocycles. The number of likely N-dealkylation sites (tertiary alicyclic amines) is 1. The largest absolute Gasteiger partial charge is 0.364 e. The Hall–Kier alpha value is -1.46. The molecule has 2 aliphatic heterocycles. The third kappa shape index (κ3) is 4.09. The normalized spacial score (nSPS) is 25.7. The van der Waals surface area contributed by atoms with Gasteiger partial charge in [0.25, 0.3) is 5.91 Å². The van der Waals surface area contributed by atoms with Gasteiger partial charge >= 0.3 is 0 Å². The summed E-state index contributed by atoms with van der Waals surface area (Å²) in [6.07, 6.45) is 4.21. The van der Waals surface area contributed by atoms with E-state index in [1.807, 2.05) is 11.0 Å². The number of benzene rings is 1. The van der Waals surface area contributed by atoms with Gasteiger partial charge in [-0.2, -0.15) is 0 Å². The highest BCUT2D eigenvalue weighted by Gasteiger charge is 2.34. The Labute approximate surface area is 136 Å². The van der Waals surface area contributed by atoms with Gasteiger partial charge in [-0.05, 0) is 55.7 Å². The van der Waals surface area contributed by atoms with Crippen LogP contribution in [0.15, 0.2) is 24.3 Å². The van der Waals surface area contributed by atoms with E-state index in [1.165, 1.54) is 6.07 Å². The first-order valence-electron chi connectivity index (χ1n) is 8.54. The number of carbonyl (C=O) groups excluding carboxylic acids is 1. The van der Waals surface area contributed by atoms with Gasteiger partial charge < -0.3 is 15.4 Å². The Kier molecular flexibility index (Phi) is 5.28. The molecule has 2 heterocycles. The summed E-state index contributed by atoms with van der Waals surface area (Å²) in [6, 6.07) is 6.81. The fourth-order valence-electron chi connectivity index (χ4n) is 3.62. The Morgan fingerprint density at radius 3 is 2.70 bits per heavy atom.